The summed E-state index contributed by atoms with van der Waals surface area (Å²) in [5.41, 5.74) is 0.563. The minimum absolute atomic E-state index is 0.220. The van der Waals surface area contributed by atoms with Crippen LogP contribution in [0.25, 0.3) is 0 Å². The predicted octanol–water partition coefficient (Wildman–Crippen LogP) is 2.06. The summed E-state index contributed by atoms with van der Waals surface area (Å²) >= 11 is 0. The van der Waals surface area contributed by atoms with Gasteiger partial charge in [0.25, 0.3) is 0 Å². The van der Waals surface area contributed by atoms with E-state index >= 15 is 0 Å². The fourth-order valence-electron chi connectivity index (χ4n) is 3.06. The molecule has 1 spiro atoms. The summed E-state index contributed by atoms with van der Waals surface area (Å²) in [5.74, 6) is -0.220. The molecule has 0 amide bonds. The van der Waals surface area contributed by atoms with Crippen molar-refractivity contribution in [1.29, 1.82) is 0 Å². The first-order valence-corrected chi connectivity index (χ1v) is 6.66. The van der Waals surface area contributed by atoms with Crippen molar-refractivity contribution in [2.24, 2.45) is 5.41 Å². The van der Waals surface area contributed by atoms with Gasteiger partial charge in [0, 0.05) is 24.9 Å². The van der Waals surface area contributed by atoms with Crippen LogP contribution in [-0.2, 0) is 9.47 Å². The predicted molar refractivity (Wildman–Crippen MR) is 62.2 cm³/mol. The van der Waals surface area contributed by atoms with Crippen molar-refractivity contribution in [3.8, 4) is 0 Å². The minimum Gasteiger partial charge on any atom is -0.347 e. The maximum Gasteiger partial charge on any atom is 0.170 e. The Morgan fingerprint density at radius 1 is 1.19 bits per heavy atom. The minimum atomic E-state index is -0.220. The molecule has 2 saturated carbocycles. The zero-order chi connectivity index (χ0) is 11.2. The molecule has 1 heterocycles. The molecule has 16 heavy (non-hydrogen) atoms. The molecule has 0 aromatic rings. The number of nitrogens with one attached hydrogen (secondary N) is 1. The van der Waals surface area contributed by atoms with E-state index in [1.54, 1.807) is 0 Å². The molecule has 92 valence electrons. The second kappa shape index (κ2) is 3.69. The largest absolute Gasteiger partial charge is 0.347 e. The molecule has 0 aromatic carbocycles. The molecule has 1 saturated heterocycles. The summed E-state index contributed by atoms with van der Waals surface area (Å²) in [6.45, 7) is 6.27. The highest BCUT2D eigenvalue weighted by molar-refractivity contribution is 4.99. The van der Waals surface area contributed by atoms with Gasteiger partial charge in [0.05, 0.1) is 13.2 Å². The van der Waals surface area contributed by atoms with E-state index in [2.05, 4.69) is 19.2 Å². The summed E-state index contributed by atoms with van der Waals surface area (Å²) in [5, 5.41) is 3.77. The van der Waals surface area contributed by atoms with Crippen molar-refractivity contribution in [3.63, 3.8) is 0 Å². The van der Waals surface area contributed by atoms with Gasteiger partial charge in [-0.25, -0.2) is 0 Å². The lowest BCUT2D eigenvalue weighted by molar-refractivity contribution is -0.151. The van der Waals surface area contributed by atoms with E-state index in [4.69, 9.17) is 9.47 Å². The number of rotatable bonds is 3. The number of hydrogen-bond acceptors (Lipinski definition) is 3. The van der Waals surface area contributed by atoms with Gasteiger partial charge in [0.1, 0.15) is 0 Å². The summed E-state index contributed by atoms with van der Waals surface area (Å²) in [6, 6.07) is 1.22. The van der Waals surface area contributed by atoms with E-state index in [0.717, 1.165) is 26.1 Å². The lowest BCUT2D eigenvalue weighted by Gasteiger charge is -2.26. The normalized spacial score (nSPS) is 36.8. The highest BCUT2D eigenvalue weighted by atomic mass is 16.7. The molecule has 3 fully saturated rings. The standard InChI is InChI=1S/C13H23NO2/c1-10(12(2)5-6-12)14-11-3-4-13(9-11)15-7-8-16-13/h10-11,14H,3-9H2,1-2H3. The van der Waals surface area contributed by atoms with Gasteiger partial charge in [0.15, 0.2) is 5.79 Å². The van der Waals surface area contributed by atoms with Crippen LogP contribution in [0.4, 0.5) is 0 Å². The molecular formula is C13H23NO2. The smallest absolute Gasteiger partial charge is 0.170 e. The average Bonchev–Trinajstić information content (AvgIpc) is 2.74. The molecule has 2 atom stereocenters. The summed E-state index contributed by atoms with van der Waals surface area (Å²) in [6.07, 6.45) is 6.06. The number of hydrogen-bond donors (Lipinski definition) is 1. The third-order valence-corrected chi connectivity index (χ3v) is 4.81. The summed E-state index contributed by atoms with van der Waals surface area (Å²) < 4.78 is 11.5. The van der Waals surface area contributed by atoms with E-state index in [1.165, 1.54) is 19.3 Å². The van der Waals surface area contributed by atoms with Gasteiger partial charge in [-0.05, 0) is 31.6 Å². The Labute approximate surface area is 97.9 Å². The number of ether oxygens (including phenoxy) is 2. The molecule has 0 bridgehead atoms. The zero-order valence-electron chi connectivity index (χ0n) is 10.4. The fourth-order valence-corrected chi connectivity index (χ4v) is 3.06. The summed E-state index contributed by atoms with van der Waals surface area (Å²) in [7, 11) is 0. The third kappa shape index (κ3) is 1.89. The molecule has 3 rings (SSSR count). The van der Waals surface area contributed by atoms with E-state index in [9.17, 15) is 0 Å². The second-order valence-corrected chi connectivity index (χ2v) is 6.09. The topological polar surface area (TPSA) is 30.5 Å². The van der Waals surface area contributed by atoms with E-state index in [0.29, 0.717) is 17.5 Å². The lowest BCUT2D eigenvalue weighted by atomic mass is 9.99. The molecule has 0 radical (unpaired) electrons. The van der Waals surface area contributed by atoms with E-state index < -0.39 is 0 Å². The molecule has 3 aliphatic rings. The SMILES string of the molecule is CC(NC1CCC2(C1)OCCO2)C1(C)CC1. The Kier molecular flexibility index (Phi) is 2.54. The molecule has 3 nitrogen and oxygen atoms in total. The van der Waals surface area contributed by atoms with Crippen LogP contribution in [0.2, 0.25) is 0 Å². The van der Waals surface area contributed by atoms with Crippen LogP contribution in [0.5, 0.6) is 0 Å². The van der Waals surface area contributed by atoms with Crippen LogP contribution in [-0.4, -0.2) is 31.1 Å². The Hall–Kier alpha value is -0.120. The highest BCUT2D eigenvalue weighted by Gasteiger charge is 2.47. The average molecular weight is 225 g/mol. The van der Waals surface area contributed by atoms with Crippen LogP contribution < -0.4 is 5.32 Å². The van der Waals surface area contributed by atoms with E-state index in [-0.39, 0.29) is 5.79 Å². The molecule has 1 aliphatic heterocycles. The lowest BCUT2D eigenvalue weighted by Crippen LogP contribution is -2.41. The van der Waals surface area contributed by atoms with Crippen molar-refractivity contribution in [2.75, 3.05) is 13.2 Å². The monoisotopic (exact) mass is 225 g/mol. The maximum absolute atomic E-state index is 5.75. The van der Waals surface area contributed by atoms with Gasteiger partial charge in [-0.2, -0.15) is 0 Å². The first-order chi connectivity index (χ1) is 7.62. The molecule has 1 N–H and O–H groups in total. The van der Waals surface area contributed by atoms with Crippen molar-refractivity contribution in [3.05, 3.63) is 0 Å². The van der Waals surface area contributed by atoms with Crippen LogP contribution in [0.15, 0.2) is 0 Å². The van der Waals surface area contributed by atoms with Gasteiger partial charge in [0.2, 0.25) is 0 Å². The van der Waals surface area contributed by atoms with E-state index in [1.807, 2.05) is 0 Å². The van der Waals surface area contributed by atoms with Gasteiger partial charge in [-0.15, -0.1) is 0 Å². The highest BCUT2D eigenvalue weighted by Crippen LogP contribution is 2.48. The van der Waals surface area contributed by atoms with Crippen molar-refractivity contribution < 1.29 is 9.47 Å². The Bertz CT molecular complexity index is 269. The van der Waals surface area contributed by atoms with Crippen molar-refractivity contribution >= 4 is 0 Å². The van der Waals surface area contributed by atoms with Gasteiger partial charge >= 0.3 is 0 Å². The van der Waals surface area contributed by atoms with Gasteiger partial charge < -0.3 is 14.8 Å². The first-order valence-electron chi connectivity index (χ1n) is 6.66. The molecular weight excluding hydrogens is 202 g/mol. The van der Waals surface area contributed by atoms with Crippen LogP contribution in [0, 0.1) is 5.41 Å². The second-order valence-electron chi connectivity index (χ2n) is 6.09. The van der Waals surface area contributed by atoms with Gasteiger partial charge in [-0.3, -0.25) is 0 Å². The van der Waals surface area contributed by atoms with Crippen LogP contribution in [0.3, 0.4) is 0 Å². The molecule has 2 aliphatic carbocycles. The van der Waals surface area contributed by atoms with Gasteiger partial charge in [-0.1, -0.05) is 6.92 Å². The first kappa shape index (κ1) is 11.0. The Balaban J connectivity index is 1.54. The van der Waals surface area contributed by atoms with Crippen molar-refractivity contribution in [1.82, 2.24) is 5.32 Å². The molecule has 0 aromatic heterocycles. The van der Waals surface area contributed by atoms with Crippen molar-refractivity contribution in [2.45, 2.75) is 63.8 Å². The maximum atomic E-state index is 5.75. The Morgan fingerprint density at radius 2 is 1.88 bits per heavy atom. The quantitative estimate of drug-likeness (QED) is 0.797. The third-order valence-electron chi connectivity index (χ3n) is 4.81. The molecule has 2 unspecified atom stereocenters. The molecule has 3 heteroatoms. The van der Waals surface area contributed by atoms with Crippen LogP contribution >= 0.6 is 0 Å². The fraction of sp³-hybridized carbons (Fsp3) is 1.00. The summed E-state index contributed by atoms with van der Waals surface area (Å²) in [4.78, 5) is 0. The Morgan fingerprint density at radius 3 is 2.50 bits per heavy atom. The van der Waals surface area contributed by atoms with Crippen LogP contribution in [0.1, 0.15) is 46.0 Å². The zero-order valence-corrected chi connectivity index (χ0v) is 10.4.